The molecule has 3 radical (unpaired) electrons. The largest absolute Gasteiger partial charge is 0.487 e. The van der Waals surface area contributed by atoms with E-state index < -0.39 is 13.1 Å². The molecule has 0 aliphatic carbocycles. The molecule has 0 atom stereocenters. The Morgan fingerprint density at radius 1 is 0.551 bits per heavy atom. The van der Waals surface area contributed by atoms with Crippen molar-refractivity contribution in [2.24, 2.45) is 0 Å². The molecule has 0 heterocycles. The van der Waals surface area contributed by atoms with E-state index in [9.17, 15) is 0 Å². The lowest BCUT2D eigenvalue weighted by molar-refractivity contribution is -0.134. The van der Waals surface area contributed by atoms with Crippen LogP contribution in [0, 0.1) is 67.8 Å². The summed E-state index contributed by atoms with van der Waals surface area (Å²) in [6.07, 6.45) is 0. The molecule has 0 amide bonds. The minimum absolute atomic E-state index is 0. The van der Waals surface area contributed by atoms with E-state index in [1.54, 1.807) is 19.1 Å². The molecule has 49 heavy (non-hydrogen) atoms. The molecule has 0 unspecified atom stereocenters. The monoisotopic (exact) mass is 651 g/mol. The Bertz CT molecular complexity index is 1720. The quantitative estimate of drug-likeness (QED) is 0.151. The molecule has 247 valence electrons. The van der Waals surface area contributed by atoms with Crippen LogP contribution in [0.5, 0.6) is 0 Å². The lowest BCUT2D eigenvalue weighted by atomic mass is 9.49. The van der Waals surface area contributed by atoms with Crippen LogP contribution >= 0.6 is 0 Å². The van der Waals surface area contributed by atoms with Crippen molar-refractivity contribution in [2.75, 3.05) is 0 Å². The van der Waals surface area contributed by atoms with Gasteiger partial charge in [0.1, 0.15) is 0 Å². The molecule has 4 aromatic carbocycles. The van der Waals surface area contributed by atoms with E-state index in [1.165, 1.54) is 11.5 Å². The van der Waals surface area contributed by atoms with Crippen molar-refractivity contribution in [1.29, 1.82) is 0 Å². The summed E-state index contributed by atoms with van der Waals surface area (Å²) in [7, 11) is -1.49. The van der Waals surface area contributed by atoms with Gasteiger partial charge in [0, 0.05) is 15.3 Å². The number of benzene rings is 4. The number of carboxylic acids is 1. The van der Waals surface area contributed by atoms with Crippen molar-refractivity contribution in [2.45, 2.75) is 62.1 Å². The van der Waals surface area contributed by atoms with Gasteiger partial charge < -0.3 is 15.2 Å². The smallest absolute Gasteiger partial charge is 0.481 e. The van der Waals surface area contributed by atoms with Gasteiger partial charge >= 0.3 is 7.12 Å². The minimum atomic E-state index is -1.49. The average Bonchev–Trinajstić information content (AvgIpc) is 3.04. The van der Waals surface area contributed by atoms with E-state index in [0.29, 0.717) is 17.9 Å². The number of aryl methyl sites for hydroxylation is 6. The molecule has 4 rings (SSSR count). The van der Waals surface area contributed by atoms with Gasteiger partial charge in [0.05, 0.1) is 26.3 Å². The van der Waals surface area contributed by atoms with Crippen molar-refractivity contribution in [3.8, 4) is 0 Å². The van der Waals surface area contributed by atoms with E-state index in [-0.39, 0.29) is 8.41 Å². The normalized spacial score (nSPS) is 8.63. The molecular formula is C38H42B3N4O4. The van der Waals surface area contributed by atoms with Gasteiger partial charge in [-0.2, -0.15) is 0 Å². The number of carbonyl (C=O) groups is 1. The highest BCUT2D eigenvalue weighted by Crippen LogP contribution is 2.20. The van der Waals surface area contributed by atoms with Gasteiger partial charge in [0.25, 0.3) is 5.97 Å². The van der Waals surface area contributed by atoms with Crippen molar-refractivity contribution in [1.82, 2.24) is 0 Å². The highest BCUT2D eigenvalue weighted by atomic mass is 16.4. The van der Waals surface area contributed by atoms with Crippen LogP contribution < -0.4 is 10.9 Å². The van der Waals surface area contributed by atoms with Crippen LogP contribution in [0.25, 0.3) is 19.4 Å². The van der Waals surface area contributed by atoms with Crippen molar-refractivity contribution < 1.29 is 19.9 Å². The fourth-order valence-corrected chi connectivity index (χ4v) is 3.69. The third kappa shape index (κ3) is 17.8. The molecule has 0 aliphatic heterocycles. The molecule has 0 bridgehead atoms. The molecule has 11 heteroatoms. The van der Waals surface area contributed by atoms with Gasteiger partial charge in [-0.1, -0.05) is 103 Å². The SMILES string of the molecule is CC(=O)O.[B].[C-]#[N+]c1cc(B(C)C)ccc1C.[C-]#[N+]c1cc(B(O)O)ccc1C.[C-]#[N+]c1cc(C)ccc1C.[C-]#[N+]c1cc(C)ccc1C. The maximum absolute atomic E-state index is 9.00. The third-order valence-corrected chi connectivity index (χ3v) is 6.64. The Morgan fingerprint density at radius 3 is 1.08 bits per heavy atom. The van der Waals surface area contributed by atoms with Crippen molar-refractivity contribution >= 4 is 61.9 Å². The molecule has 4 aromatic rings. The molecular weight excluding hydrogens is 609 g/mol. The molecule has 0 saturated heterocycles. The summed E-state index contributed by atoms with van der Waals surface area (Å²) < 4.78 is 0. The van der Waals surface area contributed by atoms with Gasteiger partial charge in [-0.25, -0.2) is 19.4 Å². The first-order valence-corrected chi connectivity index (χ1v) is 14.9. The van der Waals surface area contributed by atoms with Crippen LogP contribution in [0.1, 0.15) is 40.3 Å². The Morgan fingerprint density at radius 2 is 0.816 bits per heavy atom. The predicted molar refractivity (Wildman–Crippen MR) is 205 cm³/mol. The second-order valence-electron chi connectivity index (χ2n) is 11.2. The standard InChI is InChI=1S/C10H12BN.2C9H9N.C8H8BNO2.C2H4O2.B/c1-8-5-6-9(11(2)3)7-10(8)12-4;2*1-7-4-5-8(2)9(6-7)10-3;1-6-3-4-7(9(11)12)5-8(6)10-2;1-2(3)4;/h5-7H,1-3H3;2*4-6H,1-2H3;3-5,11-12H,1H3;1H3,(H,3,4);. The summed E-state index contributed by atoms with van der Waals surface area (Å²) in [4.78, 5) is 22.5. The zero-order chi connectivity index (χ0) is 37.0. The van der Waals surface area contributed by atoms with E-state index in [0.717, 1.165) is 57.4 Å². The van der Waals surface area contributed by atoms with Crippen molar-refractivity contribution in [3.05, 3.63) is 152 Å². The summed E-state index contributed by atoms with van der Waals surface area (Å²) >= 11 is 0. The number of carboxylic acid groups (broad SMARTS) is 1. The number of aliphatic carboxylic acids is 1. The van der Waals surface area contributed by atoms with Gasteiger partial charge in [-0.05, 0) is 69.3 Å². The second kappa shape index (κ2) is 23.7. The molecule has 3 N–H and O–H groups in total. The third-order valence-electron chi connectivity index (χ3n) is 6.64. The first kappa shape index (κ1) is 45.5. The lowest BCUT2D eigenvalue weighted by Crippen LogP contribution is -2.29. The average molecular weight is 651 g/mol. The molecule has 0 fully saturated rings. The molecule has 8 nitrogen and oxygen atoms in total. The number of rotatable bonds is 2. The van der Waals surface area contributed by atoms with E-state index >= 15 is 0 Å². The molecule has 0 spiro atoms. The first-order valence-electron chi connectivity index (χ1n) is 14.9. The fourth-order valence-electron chi connectivity index (χ4n) is 3.69. The Labute approximate surface area is 295 Å². The lowest BCUT2D eigenvalue weighted by Gasteiger charge is -2.04. The number of nitrogens with zero attached hydrogens (tertiary/aromatic N) is 4. The van der Waals surface area contributed by atoms with Crippen LogP contribution in [0.3, 0.4) is 0 Å². The zero-order valence-corrected chi connectivity index (χ0v) is 29.7. The maximum Gasteiger partial charge on any atom is 0.487 e. The van der Waals surface area contributed by atoms with Crippen LogP contribution in [0.2, 0.25) is 13.6 Å². The fraction of sp³-hybridized carbons (Fsp3) is 0.237. The highest BCUT2D eigenvalue weighted by molar-refractivity contribution is 6.70. The minimum Gasteiger partial charge on any atom is -0.481 e. The second-order valence-corrected chi connectivity index (χ2v) is 11.2. The van der Waals surface area contributed by atoms with Crippen LogP contribution in [0.15, 0.2) is 72.8 Å². The highest BCUT2D eigenvalue weighted by Gasteiger charge is 2.11. The molecule has 0 saturated carbocycles. The van der Waals surface area contributed by atoms with Gasteiger partial charge in [-0.15, -0.1) is 0 Å². The van der Waals surface area contributed by atoms with Gasteiger partial charge in [-0.3, -0.25) is 4.79 Å². The first-order chi connectivity index (χ1) is 22.5. The Kier molecular flexibility index (Phi) is 22.0. The van der Waals surface area contributed by atoms with E-state index in [2.05, 4.69) is 39.1 Å². The summed E-state index contributed by atoms with van der Waals surface area (Å²) in [5, 5.41) is 25.0. The Hall–Kier alpha value is -5.58. The summed E-state index contributed by atoms with van der Waals surface area (Å²) in [6, 6.07) is 22.7. The summed E-state index contributed by atoms with van der Waals surface area (Å²) in [5.41, 5.74) is 10.7. The van der Waals surface area contributed by atoms with Crippen molar-refractivity contribution in [3.63, 3.8) is 0 Å². The Balaban J connectivity index is 0. The molecule has 0 aliphatic rings. The zero-order valence-electron chi connectivity index (χ0n) is 29.7. The number of hydrogen-bond donors (Lipinski definition) is 3. The summed E-state index contributed by atoms with van der Waals surface area (Å²) in [6.45, 7) is 44.9. The topological polar surface area (TPSA) is 95.2 Å². The van der Waals surface area contributed by atoms with Crippen LogP contribution in [0.4, 0.5) is 22.7 Å². The van der Waals surface area contributed by atoms with Crippen LogP contribution in [-0.4, -0.2) is 43.4 Å². The van der Waals surface area contributed by atoms with Gasteiger partial charge in [0.15, 0.2) is 29.5 Å². The van der Waals surface area contributed by atoms with Crippen LogP contribution in [-0.2, 0) is 4.79 Å². The predicted octanol–water partition coefficient (Wildman–Crippen LogP) is 8.15. The number of hydrogen-bond acceptors (Lipinski definition) is 3. The van der Waals surface area contributed by atoms with E-state index in [1.807, 2.05) is 83.1 Å². The summed E-state index contributed by atoms with van der Waals surface area (Å²) in [5.74, 6) is -0.833. The van der Waals surface area contributed by atoms with Gasteiger partial charge in [0.2, 0.25) is 0 Å². The van der Waals surface area contributed by atoms with E-state index in [4.69, 9.17) is 46.2 Å². The maximum atomic E-state index is 9.00. The molecule has 0 aromatic heterocycles.